The molecule has 0 aliphatic carbocycles. The molecule has 0 aliphatic rings. The van der Waals surface area contributed by atoms with E-state index in [1.807, 2.05) is 41.0 Å². The van der Waals surface area contributed by atoms with Crippen LogP contribution in [0.25, 0.3) is 0 Å². The number of rotatable bonds is 8. The van der Waals surface area contributed by atoms with Gasteiger partial charge in [-0.2, -0.15) is 0 Å². The second-order valence-electron chi connectivity index (χ2n) is 6.38. The number of nitrogens with zero attached hydrogens (tertiary/aromatic N) is 4. The fraction of sp³-hybridized carbons (Fsp3) is 0.350. The highest BCUT2D eigenvalue weighted by Gasteiger charge is 2.09. The lowest BCUT2D eigenvalue weighted by Crippen LogP contribution is -2.40. The van der Waals surface area contributed by atoms with Gasteiger partial charge in [0.15, 0.2) is 5.96 Å². The number of aryl methyl sites for hydroxylation is 1. The Hall–Kier alpha value is -2.80. The zero-order valence-electron chi connectivity index (χ0n) is 16.1. The maximum absolute atomic E-state index is 5.99. The van der Waals surface area contributed by atoms with Crippen molar-refractivity contribution in [2.75, 3.05) is 6.54 Å². The molecule has 0 saturated carbocycles. The van der Waals surface area contributed by atoms with E-state index in [-0.39, 0.29) is 6.04 Å². The van der Waals surface area contributed by atoms with Crippen molar-refractivity contribution in [3.05, 3.63) is 71.2 Å². The van der Waals surface area contributed by atoms with E-state index < -0.39 is 0 Å². The van der Waals surface area contributed by atoms with Gasteiger partial charge in [0.25, 0.3) is 0 Å². The molecule has 8 heteroatoms. The van der Waals surface area contributed by atoms with E-state index in [9.17, 15) is 0 Å². The summed E-state index contributed by atoms with van der Waals surface area (Å²) < 4.78 is 7.42. The molecule has 148 valence electrons. The molecule has 1 aromatic carbocycles. The first-order valence-corrected chi connectivity index (χ1v) is 9.73. The summed E-state index contributed by atoms with van der Waals surface area (Å²) in [5, 5.41) is 15.6. The van der Waals surface area contributed by atoms with Gasteiger partial charge in [-0.05, 0) is 36.8 Å². The SMILES string of the molecule is CCc1nncn1CCNC(=NCc1ccco1)NC(C)c1ccc(Cl)cc1. The Labute approximate surface area is 169 Å². The highest BCUT2D eigenvalue weighted by atomic mass is 35.5. The van der Waals surface area contributed by atoms with Crippen molar-refractivity contribution in [2.45, 2.75) is 39.4 Å². The fourth-order valence-electron chi connectivity index (χ4n) is 2.79. The van der Waals surface area contributed by atoms with Crippen molar-refractivity contribution in [1.29, 1.82) is 0 Å². The quantitative estimate of drug-likeness (QED) is 0.446. The van der Waals surface area contributed by atoms with Crippen molar-refractivity contribution in [1.82, 2.24) is 25.4 Å². The van der Waals surface area contributed by atoms with Crippen LogP contribution >= 0.6 is 11.6 Å². The predicted octanol–water partition coefficient (Wildman–Crippen LogP) is 3.58. The lowest BCUT2D eigenvalue weighted by molar-refractivity contribution is 0.511. The van der Waals surface area contributed by atoms with E-state index in [2.05, 4.69) is 39.7 Å². The summed E-state index contributed by atoms with van der Waals surface area (Å²) >= 11 is 5.99. The van der Waals surface area contributed by atoms with E-state index in [1.54, 1.807) is 12.6 Å². The zero-order valence-corrected chi connectivity index (χ0v) is 16.9. The number of aromatic nitrogens is 3. The molecule has 2 aromatic heterocycles. The molecule has 3 aromatic rings. The number of benzene rings is 1. The number of nitrogens with one attached hydrogen (secondary N) is 2. The van der Waals surface area contributed by atoms with E-state index in [4.69, 9.17) is 16.0 Å². The standard InChI is InChI=1S/C20H25ClN6O/c1-3-19-26-24-14-27(19)11-10-22-20(23-13-18-5-4-12-28-18)25-15(2)16-6-8-17(21)9-7-16/h4-9,12,14-15H,3,10-11,13H2,1-2H3,(H2,22,23,25). The number of hydrogen-bond acceptors (Lipinski definition) is 4. The third kappa shape index (κ3) is 5.60. The van der Waals surface area contributed by atoms with Gasteiger partial charge in [0.05, 0.1) is 12.3 Å². The maximum atomic E-state index is 5.99. The Morgan fingerprint density at radius 2 is 2.11 bits per heavy atom. The Morgan fingerprint density at radius 1 is 1.29 bits per heavy atom. The Kier molecular flexibility index (Phi) is 7.08. The molecule has 2 N–H and O–H groups in total. The minimum Gasteiger partial charge on any atom is -0.467 e. The first-order valence-electron chi connectivity index (χ1n) is 9.35. The van der Waals surface area contributed by atoms with Crippen LogP contribution in [0, 0.1) is 0 Å². The largest absolute Gasteiger partial charge is 0.467 e. The monoisotopic (exact) mass is 400 g/mol. The number of halogens is 1. The van der Waals surface area contributed by atoms with Crippen LogP contribution < -0.4 is 10.6 Å². The normalized spacial score (nSPS) is 12.8. The van der Waals surface area contributed by atoms with Crippen molar-refractivity contribution in [3.63, 3.8) is 0 Å². The molecule has 2 heterocycles. The van der Waals surface area contributed by atoms with Crippen LogP contribution in [0.15, 0.2) is 58.4 Å². The molecular formula is C20H25ClN6O. The van der Waals surface area contributed by atoms with E-state index in [0.29, 0.717) is 19.0 Å². The van der Waals surface area contributed by atoms with Gasteiger partial charge in [0.2, 0.25) is 0 Å². The summed E-state index contributed by atoms with van der Waals surface area (Å²) in [5.74, 6) is 2.50. The van der Waals surface area contributed by atoms with Gasteiger partial charge >= 0.3 is 0 Å². The van der Waals surface area contributed by atoms with Crippen molar-refractivity contribution in [2.24, 2.45) is 4.99 Å². The Morgan fingerprint density at radius 3 is 2.82 bits per heavy atom. The highest BCUT2D eigenvalue weighted by molar-refractivity contribution is 6.30. The van der Waals surface area contributed by atoms with Crippen LogP contribution in [-0.4, -0.2) is 27.3 Å². The van der Waals surface area contributed by atoms with Gasteiger partial charge in [0.1, 0.15) is 24.5 Å². The molecule has 0 aliphatic heterocycles. The smallest absolute Gasteiger partial charge is 0.192 e. The summed E-state index contributed by atoms with van der Waals surface area (Å²) in [7, 11) is 0. The summed E-state index contributed by atoms with van der Waals surface area (Å²) in [6.07, 6.45) is 4.26. The molecule has 3 rings (SSSR count). The van der Waals surface area contributed by atoms with Crippen molar-refractivity contribution in [3.8, 4) is 0 Å². The Bertz CT molecular complexity index is 873. The lowest BCUT2D eigenvalue weighted by atomic mass is 10.1. The minimum absolute atomic E-state index is 0.0706. The second-order valence-corrected chi connectivity index (χ2v) is 6.82. The topological polar surface area (TPSA) is 80.3 Å². The van der Waals surface area contributed by atoms with Gasteiger partial charge in [0, 0.05) is 24.5 Å². The van der Waals surface area contributed by atoms with Gasteiger partial charge in [-0.15, -0.1) is 10.2 Å². The molecule has 0 saturated heterocycles. The molecule has 1 unspecified atom stereocenters. The van der Waals surface area contributed by atoms with Gasteiger partial charge in [-0.25, -0.2) is 4.99 Å². The molecule has 7 nitrogen and oxygen atoms in total. The van der Waals surface area contributed by atoms with Crippen LogP contribution in [0.2, 0.25) is 5.02 Å². The second kappa shape index (κ2) is 9.94. The van der Waals surface area contributed by atoms with Gasteiger partial charge < -0.3 is 19.6 Å². The number of aliphatic imine (C=N–C) groups is 1. The first kappa shape index (κ1) is 19.9. The molecule has 28 heavy (non-hydrogen) atoms. The lowest BCUT2D eigenvalue weighted by Gasteiger charge is -2.19. The van der Waals surface area contributed by atoms with Crippen LogP contribution in [0.5, 0.6) is 0 Å². The van der Waals surface area contributed by atoms with Gasteiger partial charge in [-0.3, -0.25) is 0 Å². The molecule has 1 atom stereocenters. The van der Waals surface area contributed by atoms with Crippen molar-refractivity contribution >= 4 is 17.6 Å². The summed E-state index contributed by atoms with van der Waals surface area (Å²) in [4.78, 5) is 4.64. The molecule has 0 fully saturated rings. The summed E-state index contributed by atoms with van der Waals surface area (Å²) in [5.41, 5.74) is 1.13. The van der Waals surface area contributed by atoms with Crippen LogP contribution in [-0.2, 0) is 19.5 Å². The number of guanidine groups is 1. The van der Waals surface area contributed by atoms with Crippen molar-refractivity contribution < 1.29 is 4.42 Å². The molecule has 0 radical (unpaired) electrons. The number of hydrogen-bond donors (Lipinski definition) is 2. The fourth-order valence-corrected chi connectivity index (χ4v) is 2.91. The molecule has 0 amide bonds. The van der Waals surface area contributed by atoms with Crippen LogP contribution in [0.1, 0.15) is 37.0 Å². The van der Waals surface area contributed by atoms with Gasteiger partial charge in [-0.1, -0.05) is 30.7 Å². The van der Waals surface area contributed by atoms with E-state index in [1.165, 1.54) is 0 Å². The average Bonchev–Trinajstić information content (AvgIpc) is 3.38. The minimum atomic E-state index is 0.0706. The Balaban J connectivity index is 1.63. The van der Waals surface area contributed by atoms with E-state index >= 15 is 0 Å². The van der Waals surface area contributed by atoms with Crippen LogP contribution in [0.3, 0.4) is 0 Å². The highest BCUT2D eigenvalue weighted by Crippen LogP contribution is 2.16. The maximum Gasteiger partial charge on any atom is 0.192 e. The summed E-state index contributed by atoms with van der Waals surface area (Å²) in [6, 6.07) is 11.6. The molecule has 0 spiro atoms. The predicted molar refractivity (Wildman–Crippen MR) is 110 cm³/mol. The zero-order chi connectivity index (χ0) is 19.8. The van der Waals surface area contributed by atoms with Crippen LogP contribution in [0.4, 0.5) is 0 Å². The average molecular weight is 401 g/mol. The first-order chi connectivity index (χ1) is 13.7. The molecular weight excluding hydrogens is 376 g/mol. The third-order valence-electron chi connectivity index (χ3n) is 4.35. The van der Waals surface area contributed by atoms with E-state index in [0.717, 1.165) is 35.1 Å². The number of furan rings is 1. The molecule has 0 bridgehead atoms. The third-order valence-corrected chi connectivity index (χ3v) is 4.61. The summed E-state index contributed by atoms with van der Waals surface area (Å²) in [6.45, 7) is 6.07.